The van der Waals surface area contributed by atoms with E-state index in [-0.39, 0.29) is 17.6 Å². The fourth-order valence-electron chi connectivity index (χ4n) is 8.92. The Kier molecular flexibility index (Phi) is 7.36. The molecule has 3 N–H and O–H groups in total. The predicted molar refractivity (Wildman–Crippen MR) is 129 cm³/mol. The van der Waals surface area contributed by atoms with E-state index in [0.717, 1.165) is 70.9 Å². The number of nitrogens with zero attached hydrogens (tertiary/aromatic N) is 1. The molecule has 0 aromatic heterocycles. The lowest BCUT2D eigenvalue weighted by Crippen LogP contribution is -2.63. The highest BCUT2D eigenvalue weighted by Gasteiger charge is 2.67. The van der Waals surface area contributed by atoms with Crippen molar-refractivity contribution < 1.29 is 15.1 Å². The minimum Gasteiger partial charge on any atom is -0.393 e. The normalized spacial score (nSPS) is 47.1. The Morgan fingerprint density at radius 2 is 1.78 bits per heavy atom. The second-order valence-electron chi connectivity index (χ2n) is 12.7. The van der Waals surface area contributed by atoms with Crippen molar-refractivity contribution in [1.82, 2.24) is 10.4 Å². The summed E-state index contributed by atoms with van der Waals surface area (Å²) in [6, 6.07) is 0.260. The zero-order valence-electron chi connectivity index (χ0n) is 21.4. The van der Waals surface area contributed by atoms with Gasteiger partial charge in [0.1, 0.15) is 0 Å². The van der Waals surface area contributed by atoms with Gasteiger partial charge in [0.05, 0.1) is 18.3 Å². The Hall–Kier alpha value is -0.200. The van der Waals surface area contributed by atoms with Gasteiger partial charge >= 0.3 is 0 Å². The van der Waals surface area contributed by atoms with Gasteiger partial charge in [-0.2, -0.15) is 5.48 Å². The number of aliphatic hydroxyl groups is 2. The summed E-state index contributed by atoms with van der Waals surface area (Å²) in [5, 5.41) is 22.6. The van der Waals surface area contributed by atoms with Gasteiger partial charge < -0.3 is 20.0 Å². The highest BCUT2D eigenvalue weighted by Crippen LogP contribution is 2.69. The van der Waals surface area contributed by atoms with Crippen molar-refractivity contribution in [3.05, 3.63) is 0 Å². The average Bonchev–Trinajstić information content (AvgIpc) is 3.02. The Morgan fingerprint density at radius 1 is 1.00 bits per heavy atom. The summed E-state index contributed by atoms with van der Waals surface area (Å²) in [6.07, 6.45) is 11.9. The van der Waals surface area contributed by atoms with Crippen LogP contribution in [0, 0.1) is 34.5 Å². The maximum atomic E-state index is 12.3. The van der Waals surface area contributed by atoms with E-state index in [1.54, 1.807) is 0 Å². The van der Waals surface area contributed by atoms with Crippen molar-refractivity contribution in [3.63, 3.8) is 0 Å². The van der Waals surface area contributed by atoms with Gasteiger partial charge in [-0.3, -0.25) is 0 Å². The maximum Gasteiger partial charge on any atom is 0.0735 e. The zero-order chi connectivity index (χ0) is 23.1. The van der Waals surface area contributed by atoms with E-state index < -0.39 is 5.60 Å². The minimum atomic E-state index is -0.549. The lowest BCUT2D eigenvalue weighted by Gasteiger charge is -2.63. The maximum absolute atomic E-state index is 12.3. The van der Waals surface area contributed by atoms with Crippen LogP contribution in [0.4, 0.5) is 0 Å². The first kappa shape index (κ1) is 24.9. The van der Waals surface area contributed by atoms with E-state index in [1.807, 2.05) is 0 Å². The van der Waals surface area contributed by atoms with E-state index in [2.05, 4.69) is 45.2 Å². The molecule has 1 unspecified atom stereocenters. The molecule has 0 bridgehead atoms. The molecule has 4 aliphatic carbocycles. The molecule has 4 fully saturated rings. The molecule has 4 aliphatic rings. The second kappa shape index (κ2) is 9.45. The van der Waals surface area contributed by atoms with Crippen LogP contribution < -0.4 is 5.48 Å². The topological polar surface area (TPSA) is 65.0 Å². The number of hydroxylamine groups is 1. The van der Waals surface area contributed by atoms with Crippen LogP contribution in [0.3, 0.4) is 0 Å². The molecule has 0 spiro atoms. The Morgan fingerprint density at radius 3 is 2.53 bits per heavy atom. The van der Waals surface area contributed by atoms with Crippen LogP contribution in [0.1, 0.15) is 91.4 Å². The first-order chi connectivity index (χ1) is 15.1. The smallest absolute Gasteiger partial charge is 0.0735 e. The van der Waals surface area contributed by atoms with Crippen LogP contribution in [0.25, 0.3) is 0 Å². The molecule has 9 atom stereocenters. The van der Waals surface area contributed by atoms with Gasteiger partial charge in [-0.15, -0.1) is 0 Å². The number of rotatable bonds is 8. The van der Waals surface area contributed by atoms with Crippen LogP contribution in [0.5, 0.6) is 0 Å². The third-order valence-corrected chi connectivity index (χ3v) is 10.9. The molecular formula is C27H50N2O3. The van der Waals surface area contributed by atoms with Crippen LogP contribution in [-0.4, -0.2) is 60.1 Å². The minimum absolute atomic E-state index is 0.0355. The van der Waals surface area contributed by atoms with Crippen LogP contribution in [0.15, 0.2) is 0 Å². The van der Waals surface area contributed by atoms with Crippen molar-refractivity contribution in [1.29, 1.82) is 0 Å². The lowest BCUT2D eigenvalue weighted by atomic mass is 9.43. The molecule has 0 heterocycles. The monoisotopic (exact) mass is 450 g/mol. The summed E-state index contributed by atoms with van der Waals surface area (Å²) in [7, 11) is 4.23. The number of fused-ring (bicyclic) bond motifs is 5. The van der Waals surface area contributed by atoms with Gasteiger partial charge in [-0.1, -0.05) is 13.8 Å². The van der Waals surface area contributed by atoms with E-state index >= 15 is 0 Å². The van der Waals surface area contributed by atoms with Crippen LogP contribution in [0.2, 0.25) is 0 Å². The second-order valence-corrected chi connectivity index (χ2v) is 12.7. The van der Waals surface area contributed by atoms with E-state index in [0.29, 0.717) is 29.1 Å². The van der Waals surface area contributed by atoms with Crippen LogP contribution in [-0.2, 0) is 4.84 Å². The summed E-state index contributed by atoms with van der Waals surface area (Å²) < 4.78 is 0. The number of aliphatic hydroxyl groups excluding tert-OH is 1. The summed E-state index contributed by atoms with van der Waals surface area (Å²) in [6.45, 7) is 8.99. The summed E-state index contributed by atoms with van der Waals surface area (Å²) in [5.41, 5.74) is 3.08. The molecule has 0 aliphatic heterocycles. The molecule has 0 amide bonds. The fraction of sp³-hybridized carbons (Fsp3) is 1.00. The molecule has 32 heavy (non-hydrogen) atoms. The molecule has 5 heteroatoms. The summed E-state index contributed by atoms with van der Waals surface area (Å²) in [4.78, 5) is 8.10. The predicted octanol–water partition coefficient (Wildman–Crippen LogP) is 4.37. The Balaban J connectivity index is 1.39. The number of hydrogen-bond donors (Lipinski definition) is 3. The summed E-state index contributed by atoms with van der Waals surface area (Å²) in [5.74, 6) is 2.12. The van der Waals surface area contributed by atoms with E-state index in [1.165, 1.54) is 12.8 Å². The van der Waals surface area contributed by atoms with Gasteiger partial charge in [0.25, 0.3) is 0 Å². The molecule has 186 valence electrons. The van der Waals surface area contributed by atoms with Gasteiger partial charge in [0.15, 0.2) is 0 Å². The third-order valence-electron chi connectivity index (χ3n) is 10.9. The molecule has 0 radical (unpaired) electrons. The van der Waals surface area contributed by atoms with Gasteiger partial charge in [-0.05, 0) is 127 Å². The molecular weight excluding hydrogens is 400 g/mol. The molecule has 4 saturated carbocycles. The van der Waals surface area contributed by atoms with E-state index in [9.17, 15) is 10.2 Å². The van der Waals surface area contributed by atoms with Crippen molar-refractivity contribution in [3.8, 4) is 0 Å². The first-order valence-corrected chi connectivity index (χ1v) is 13.5. The fourth-order valence-corrected chi connectivity index (χ4v) is 8.92. The van der Waals surface area contributed by atoms with E-state index in [4.69, 9.17) is 4.84 Å². The zero-order valence-corrected chi connectivity index (χ0v) is 21.4. The summed E-state index contributed by atoms with van der Waals surface area (Å²) >= 11 is 0. The van der Waals surface area contributed by atoms with Gasteiger partial charge in [0, 0.05) is 11.5 Å². The third kappa shape index (κ3) is 4.19. The molecule has 0 aromatic carbocycles. The van der Waals surface area contributed by atoms with Gasteiger partial charge in [0.2, 0.25) is 0 Å². The quantitative estimate of drug-likeness (QED) is 0.378. The number of unbranched alkanes of at least 4 members (excludes halogenated alkanes) is 1. The molecule has 5 nitrogen and oxygen atoms in total. The highest BCUT2D eigenvalue weighted by molar-refractivity contribution is 5.17. The number of hydrogen-bond acceptors (Lipinski definition) is 5. The Bertz CT molecular complexity index is 644. The first-order valence-electron chi connectivity index (χ1n) is 13.5. The molecule has 0 saturated heterocycles. The van der Waals surface area contributed by atoms with Crippen molar-refractivity contribution in [2.75, 3.05) is 27.2 Å². The van der Waals surface area contributed by atoms with Crippen molar-refractivity contribution >= 4 is 0 Å². The van der Waals surface area contributed by atoms with Crippen LogP contribution >= 0.6 is 0 Å². The lowest BCUT2D eigenvalue weighted by molar-refractivity contribution is -0.213. The SMILES string of the molecule is CC(NOCCCCN(C)C)[C@H]1CC[C@]2(O)[C@@H]3CC[C@@H]4C[C@@H](O)CC[C@]4(C)[C@H]3CC[C@]12C. The average molecular weight is 451 g/mol. The standard InChI is InChI=1S/C27H50N2O3/c1-19(28-32-17-7-6-16-29(4)5)22-12-15-27(31)24-9-8-20-18-21(30)10-13-25(20,2)23(24)11-14-26(22,27)3/h19-24,28,30-31H,6-18H2,1-5H3/t19?,20-,21+,22-,23+,24-,25+,26-,27+/m1/s1. The molecule has 4 rings (SSSR count). The Labute approximate surface area is 196 Å². The number of nitrogens with one attached hydrogen (secondary N) is 1. The van der Waals surface area contributed by atoms with Crippen molar-refractivity contribution in [2.45, 2.75) is 109 Å². The highest BCUT2D eigenvalue weighted by atomic mass is 16.6. The van der Waals surface area contributed by atoms with Crippen molar-refractivity contribution in [2.24, 2.45) is 34.5 Å². The largest absolute Gasteiger partial charge is 0.393 e. The van der Waals surface area contributed by atoms with Gasteiger partial charge in [-0.25, -0.2) is 0 Å². The molecule has 0 aromatic rings.